The first-order valence-corrected chi connectivity index (χ1v) is 7.33. The van der Waals surface area contributed by atoms with Gasteiger partial charge in [0, 0.05) is 11.5 Å². The smallest absolute Gasteiger partial charge is 0.222 e. The molecule has 1 atom stereocenters. The molecule has 1 radical (unpaired) electrons. The van der Waals surface area contributed by atoms with Gasteiger partial charge in [0.2, 0.25) is 17.2 Å². The second-order valence-corrected chi connectivity index (χ2v) is 5.90. The quantitative estimate of drug-likeness (QED) is 0.784. The summed E-state index contributed by atoms with van der Waals surface area (Å²) in [4.78, 5) is 16.4. The van der Waals surface area contributed by atoms with Crippen molar-refractivity contribution >= 4 is 39.8 Å². The molecule has 5 nitrogen and oxygen atoms in total. The van der Waals surface area contributed by atoms with Gasteiger partial charge in [-0.05, 0) is 24.5 Å². The molecule has 0 fully saturated rings. The van der Waals surface area contributed by atoms with Gasteiger partial charge in [0.1, 0.15) is 0 Å². The van der Waals surface area contributed by atoms with Crippen molar-refractivity contribution in [1.29, 1.82) is 0 Å². The molecule has 0 aliphatic heterocycles. The minimum Gasteiger partial charge on any atom is -0.344 e. The molecule has 0 amide bonds. The molecule has 0 saturated heterocycles. The van der Waals surface area contributed by atoms with Gasteiger partial charge in [-0.15, -0.1) is 0 Å². The molecule has 3 aromatic rings. The molecule has 1 N–H and O–H groups in total. The second-order valence-electron chi connectivity index (χ2n) is 5.17. The van der Waals surface area contributed by atoms with Gasteiger partial charge in [-0.1, -0.05) is 26.0 Å². The summed E-state index contributed by atoms with van der Waals surface area (Å²) in [5.41, 5.74) is 1.92. The topological polar surface area (TPSA) is 59.3 Å². The Bertz CT molecular complexity index is 746. The highest BCUT2D eigenvalue weighted by Gasteiger charge is 2.16. The summed E-state index contributed by atoms with van der Waals surface area (Å²) in [7, 11) is 0. The summed E-state index contributed by atoms with van der Waals surface area (Å²) in [6.07, 6.45) is 2.78. The monoisotopic (exact) mass is 287 g/mol. The predicted octanol–water partition coefficient (Wildman–Crippen LogP) is 2.88. The number of nitrogens with one attached hydrogen (secondary N) is 1. The molecule has 0 spiro atoms. The molecule has 0 aliphatic carbocycles. The molecule has 0 aliphatic rings. The predicted molar refractivity (Wildman–Crippen MR) is 80.9 cm³/mol. The number of rotatable bonds is 5. The van der Waals surface area contributed by atoms with Crippen LogP contribution >= 0.6 is 11.5 Å². The van der Waals surface area contributed by atoms with E-state index in [1.54, 1.807) is 0 Å². The number of anilines is 1. The van der Waals surface area contributed by atoms with Crippen LogP contribution in [0.25, 0.3) is 16.0 Å². The fraction of sp³-hybridized carbons (Fsp3) is 0.357. The lowest BCUT2D eigenvalue weighted by atomic mass is 10.1. The van der Waals surface area contributed by atoms with Crippen molar-refractivity contribution in [2.75, 3.05) is 5.32 Å². The summed E-state index contributed by atoms with van der Waals surface area (Å²) in [5, 5.41) is 3.16. The van der Waals surface area contributed by atoms with Gasteiger partial charge in [-0.25, -0.2) is 4.98 Å². The maximum absolute atomic E-state index is 11.1. The molecule has 3 rings (SSSR count). The molecule has 6 heteroatoms. The van der Waals surface area contributed by atoms with Crippen molar-refractivity contribution in [3.63, 3.8) is 0 Å². The van der Waals surface area contributed by atoms with E-state index in [1.165, 1.54) is 11.5 Å². The van der Waals surface area contributed by atoms with Crippen molar-refractivity contribution in [3.8, 4) is 0 Å². The maximum atomic E-state index is 11.1. The third-order valence-corrected chi connectivity index (χ3v) is 3.81. The number of hydrogen-bond donors (Lipinski definition) is 1. The Morgan fingerprint density at radius 3 is 2.95 bits per heavy atom. The van der Waals surface area contributed by atoms with Crippen molar-refractivity contribution in [3.05, 3.63) is 24.3 Å². The lowest BCUT2D eigenvalue weighted by molar-refractivity contribution is 0.514. The maximum Gasteiger partial charge on any atom is 0.222 e. The number of imidazole rings is 1. The van der Waals surface area contributed by atoms with E-state index in [0.717, 1.165) is 22.4 Å². The Morgan fingerprint density at radius 2 is 2.20 bits per heavy atom. The highest BCUT2D eigenvalue weighted by Crippen LogP contribution is 2.24. The largest absolute Gasteiger partial charge is 0.344 e. The molecule has 0 unspecified atom stereocenters. The lowest BCUT2D eigenvalue weighted by Gasteiger charge is -2.13. The van der Waals surface area contributed by atoms with Crippen LogP contribution in [0.1, 0.15) is 20.3 Å². The SMILES string of the molecule is CC(C)C[C@@H]([C]=O)Nc1nsc2nc3ccccc3n12. The summed E-state index contributed by atoms with van der Waals surface area (Å²) in [6, 6.07) is 7.55. The van der Waals surface area contributed by atoms with Crippen LogP contribution in [0.5, 0.6) is 0 Å². The normalized spacial score (nSPS) is 13.2. The lowest BCUT2D eigenvalue weighted by Crippen LogP contribution is -2.24. The fourth-order valence-electron chi connectivity index (χ4n) is 2.25. The van der Waals surface area contributed by atoms with Crippen molar-refractivity contribution in [2.24, 2.45) is 5.92 Å². The highest BCUT2D eigenvalue weighted by molar-refractivity contribution is 7.11. The molecule has 1 aromatic carbocycles. The molecular weight excluding hydrogens is 272 g/mol. The van der Waals surface area contributed by atoms with Gasteiger partial charge >= 0.3 is 0 Å². The third kappa shape index (κ3) is 2.27. The number of aromatic nitrogens is 3. The van der Waals surface area contributed by atoms with Gasteiger partial charge < -0.3 is 5.32 Å². The Labute approximate surface area is 120 Å². The van der Waals surface area contributed by atoms with Crippen LogP contribution in [0.2, 0.25) is 0 Å². The first-order valence-electron chi connectivity index (χ1n) is 6.56. The van der Waals surface area contributed by atoms with Gasteiger partial charge in [0.05, 0.1) is 17.1 Å². The number of nitrogens with zero attached hydrogens (tertiary/aromatic N) is 3. The van der Waals surface area contributed by atoms with E-state index in [2.05, 4.69) is 28.5 Å². The fourth-order valence-corrected chi connectivity index (χ4v) is 2.96. The van der Waals surface area contributed by atoms with Gasteiger partial charge in [0.15, 0.2) is 0 Å². The number of hydrogen-bond acceptors (Lipinski definition) is 5. The molecule has 2 aromatic heterocycles. The molecule has 0 bridgehead atoms. The Hall–Kier alpha value is -1.95. The van der Waals surface area contributed by atoms with Crippen LogP contribution < -0.4 is 5.32 Å². The Morgan fingerprint density at radius 1 is 1.40 bits per heavy atom. The summed E-state index contributed by atoms with van der Waals surface area (Å²) >= 11 is 1.32. The zero-order valence-corrected chi connectivity index (χ0v) is 12.1. The van der Waals surface area contributed by atoms with E-state index >= 15 is 0 Å². The Kier molecular flexibility index (Phi) is 3.40. The van der Waals surface area contributed by atoms with Crippen LogP contribution in [0.3, 0.4) is 0 Å². The molecule has 0 saturated carbocycles. The summed E-state index contributed by atoms with van der Waals surface area (Å²) in [5.74, 6) is 1.08. The number of carbonyl (C=O) groups excluding carboxylic acids is 1. The molecular formula is C14H15N4OS. The van der Waals surface area contributed by atoms with Crippen molar-refractivity contribution in [2.45, 2.75) is 26.3 Å². The number of para-hydroxylation sites is 2. The minimum absolute atomic E-state index is 0.346. The van der Waals surface area contributed by atoms with E-state index < -0.39 is 0 Å². The summed E-state index contributed by atoms with van der Waals surface area (Å²) in [6.45, 7) is 4.16. The first-order chi connectivity index (χ1) is 9.69. The zero-order valence-electron chi connectivity index (χ0n) is 11.3. The van der Waals surface area contributed by atoms with E-state index in [4.69, 9.17) is 0 Å². The first kappa shape index (κ1) is 13.1. The van der Waals surface area contributed by atoms with Crippen molar-refractivity contribution < 1.29 is 4.79 Å². The van der Waals surface area contributed by atoms with Gasteiger partial charge in [-0.2, -0.15) is 4.37 Å². The number of benzene rings is 1. The van der Waals surface area contributed by atoms with Gasteiger partial charge in [-0.3, -0.25) is 9.20 Å². The van der Waals surface area contributed by atoms with E-state index in [-0.39, 0.29) is 6.04 Å². The molecule has 2 heterocycles. The average molecular weight is 287 g/mol. The van der Waals surface area contributed by atoms with Crippen LogP contribution in [0.15, 0.2) is 24.3 Å². The van der Waals surface area contributed by atoms with E-state index in [0.29, 0.717) is 11.9 Å². The van der Waals surface area contributed by atoms with Crippen LogP contribution in [-0.2, 0) is 4.79 Å². The minimum atomic E-state index is -0.346. The van der Waals surface area contributed by atoms with Crippen LogP contribution in [0.4, 0.5) is 5.95 Å². The zero-order chi connectivity index (χ0) is 14.1. The van der Waals surface area contributed by atoms with Crippen LogP contribution in [-0.4, -0.2) is 26.1 Å². The summed E-state index contributed by atoms with van der Waals surface area (Å²) < 4.78 is 6.30. The van der Waals surface area contributed by atoms with Crippen molar-refractivity contribution in [1.82, 2.24) is 13.8 Å². The molecule has 103 valence electrons. The second kappa shape index (κ2) is 5.20. The molecule has 20 heavy (non-hydrogen) atoms. The Balaban J connectivity index is 2.01. The van der Waals surface area contributed by atoms with Gasteiger partial charge in [0.25, 0.3) is 0 Å². The van der Waals surface area contributed by atoms with Crippen LogP contribution in [0, 0.1) is 5.92 Å². The third-order valence-electron chi connectivity index (χ3n) is 3.11. The average Bonchev–Trinajstić information content (AvgIpc) is 2.97. The number of fused-ring (bicyclic) bond motifs is 3. The highest BCUT2D eigenvalue weighted by atomic mass is 32.1. The van der Waals surface area contributed by atoms with E-state index in [1.807, 2.05) is 35.0 Å². The van der Waals surface area contributed by atoms with E-state index in [9.17, 15) is 4.79 Å². The standard InChI is InChI=1S/C14H15N4OS/c1-9(2)7-10(8-19)15-13-17-20-14-16-11-5-3-4-6-12(11)18(13)14/h3-6,9-10H,7H2,1-2H3,(H,15,17)/t10-/m0/s1.